The minimum Gasteiger partial charge on any atom is -0.496 e. The molecule has 1 aromatic heterocycles. The average Bonchev–Trinajstić information content (AvgIpc) is 3.04. The van der Waals surface area contributed by atoms with Gasteiger partial charge in [0.15, 0.2) is 11.5 Å². The fraction of sp³-hybridized carbons (Fsp3) is 0.125. The molecule has 3 aromatic carbocycles. The van der Waals surface area contributed by atoms with Gasteiger partial charge in [0.1, 0.15) is 17.3 Å². The Kier molecular flexibility index (Phi) is 10.8. The molecule has 11 heteroatoms. The Morgan fingerprint density at radius 1 is 0.791 bits per heavy atom. The van der Waals surface area contributed by atoms with Gasteiger partial charge in [-0.25, -0.2) is 4.98 Å². The molecule has 0 atom stereocenters. The first-order valence-corrected chi connectivity index (χ1v) is 14.0. The van der Waals surface area contributed by atoms with Crippen LogP contribution in [0.1, 0.15) is 15.9 Å². The van der Waals surface area contributed by atoms with E-state index in [-0.39, 0.29) is 17.4 Å². The molecule has 0 aliphatic rings. The van der Waals surface area contributed by atoms with Crippen molar-refractivity contribution in [3.63, 3.8) is 0 Å². The fourth-order valence-electron chi connectivity index (χ4n) is 3.86. The summed E-state index contributed by atoms with van der Waals surface area (Å²) in [5, 5.41) is 8.27. The van der Waals surface area contributed by atoms with E-state index in [0.29, 0.717) is 39.9 Å². The summed E-state index contributed by atoms with van der Waals surface area (Å²) in [7, 11) is 4.49. The number of methoxy groups -OCH3 is 3. The predicted molar refractivity (Wildman–Crippen MR) is 167 cm³/mol. The van der Waals surface area contributed by atoms with E-state index in [0.717, 1.165) is 4.90 Å². The van der Waals surface area contributed by atoms with Gasteiger partial charge in [-0.3, -0.25) is 14.4 Å². The molecule has 3 N–H and O–H groups in total. The summed E-state index contributed by atoms with van der Waals surface area (Å²) in [6.45, 7) is 0. The highest BCUT2D eigenvalue weighted by atomic mass is 32.2. The topological polar surface area (TPSA) is 128 Å². The van der Waals surface area contributed by atoms with E-state index in [4.69, 9.17) is 14.2 Å². The average molecular weight is 599 g/mol. The first-order chi connectivity index (χ1) is 20.9. The zero-order valence-electron chi connectivity index (χ0n) is 23.7. The van der Waals surface area contributed by atoms with Crippen LogP contribution in [-0.4, -0.2) is 49.8 Å². The zero-order valence-corrected chi connectivity index (χ0v) is 24.6. The minimum atomic E-state index is -0.559. The summed E-state index contributed by atoms with van der Waals surface area (Å²) < 4.78 is 16.3. The Hall–Kier alpha value is -5.29. The molecule has 1 heterocycles. The van der Waals surface area contributed by atoms with Gasteiger partial charge >= 0.3 is 0 Å². The van der Waals surface area contributed by atoms with Crippen LogP contribution in [0.5, 0.6) is 17.2 Å². The maximum Gasteiger partial charge on any atom is 0.272 e. The van der Waals surface area contributed by atoms with Crippen molar-refractivity contribution in [2.75, 3.05) is 37.7 Å². The van der Waals surface area contributed by atoms with Crippen LogP contribution in [-0.2, 0) is 9.59 Å². The smallest absolute Gasteiger partial charge is 0.272 e. The quantitative estimate of drug-likeness (QED) is 0.149. The van der Waals surface area contributed by atoms with Crippen LogP contribution < -0.4 is 30.2 Å². The van der Waals surface area contributed by atoms with E-state index >= 15 is 0 Å². The second-order valence-electron chi connectivity index (χ2n) is 8.86. The van der Waals surface area contributed by atoms with Crippen molar-refractivity contribution in [1.82, 2.24) is 10.3 Å². The number of hydrogen-bond acceptors (Lipinski definition) is 8. The number of rotatable bonds is 12. The highest BCUT2D eigenvalue weighted by Gasteiger charge is 2.18. The van der Waals surface area contributed by atoms with Gasteiger partial charge < -0.3 is 30.2 Å². The van der Waals surface area contributed by atoms with Crippen molar-refractivity contribution in [3.8, 4) is 17.2 Å². The Morgan fingerprint density at radius 3 is 2.12 bits per heavy atom. The van der Waals surface area contributed by atoms with Gasteiger partial charge in [0.25, 0.3) is 11.8 Å². The number of aromatic nitrogens is 1. The van der Waals surface area contributed by atoms with E-state index < -0.39 is 11.8 Å². The van der Waals surface area contributed by atoms with E-state index in [1.165, 1.54) is 39.2 Å². The summed E-state index contributed by atoms with van der Waals surface area (Å²) in [6.07, 6.45) is 3.11. The summed E-state index contributed by atoms with van der Waals surface area (Å²) in [4.78, 5) is 43.7. The van der Waals surface area contributed by atoms with Gasteiger partial charge in [-0.1, -0.05) is 24.3 Å². The van der Waals surface area contributed by atoms with Crippen LogP contribution in [0.15, 0.2) is 102 Å². The lowest BCUT2D eigenvalue weighted by Crippen LogP contribution is -2.30. The molecular formula is C32H30N4O6S. The molecule has 0 radical (unpaired) electrons. The van der Waals surface area contributed by atoms with Crippen molar-refractivity contribution in [2.24, 2.45) is 0 Å². The van der Waals surface area contributed by atoms with Crippen molar-refractivity contribution in [3.05, 3.63) is 108 Å². The number of carbonyl (C=O) groups is 3. The Bertz CT molecular complexity index is 1600. The monoisotopic (exact) mass is 598 g/mol. The fourth-order valence-corrected chi connectivity index (χ4v) is 4.56. The van der Waals surface area contributed by atoms with Gasteiger partial charge in [-0.2, -0.15) is 0 Å². The highest BCUT2D eigenvalue weighted by Crippen LogP contribution is 2.35. The van der Waals surface area contributed by atoms with E-state index in [9.17, 15) is 14.4 Å². The van der Waals surface area contributed by atoms with Gasteiger partial charge in [0.05, 0.1) is 27.1 Å². The Balaban J connectivity index is 1.51. The lowest BCUT2D eigenvalue weighted by atomic mass is 10.1. The van der Waals surface area contributed by atoms with Crippen LogP contribution in [0, 0.1) is 0 Å². The van der Waals surface area contributed by atoms with Crippen molar-refractivity contribution >= 4 is 47.1 Å². The predicted octanol–water partition coefficient (Wildman–Crippen LogP) is 5.25. The number of nitrogens with one attached hydrogen (secondary N) is 3. The number of benzene rings is 3. The van der Waals surface area contributed by atoms with Crippen LogP contribution in [0.4, 0.5) is 11.5 Å². The number of pyridine rings is 1. The number of carbonyl (C=O) groups excluding carboxylic acids is 3. The summed E-state index contributed by atoms with van der Waals surface area (Å²) in [5.74, 6) is 0.747. The lowest BCUT2D eigenvalue weighted by Gasteiger charge is -2.15. The third-order valence-corrected chi connectivity index (χ3v) is 6.99. The number of hydrogen-bond donors (Lipinski definition) is 3. The molecule has 43 heavy (non-hydrogen) atoms. The second-order valence-corrected chi connectivity index (χ2v) is 9.91. The van der Waals surface area contributed by atoms with Gasteiger partial charge in [0.2, 0.25) is 5.91 Å². The maximum absolute atomic E-state index is 13.5. The van der Waals surface area contributed by atoms with Crippen molar-refractivity contribution in [1.29, 1.82) is 0 Å². The number of thioether (sulfide) groups is 1. The molecule has 0 unspecified atom stereocenters. The SMILES string of the molecule is COc1cc(OC)c(OC)cc1/C=C(\NC(=O)c1ccccc1)C(=O)Nc1ccc(SCC(=O)Nc2ccccn2)cc1. The van der Waals surface area contributed by atoms with E-state index in [1.54, 1.807) is 91.1 Å². The van der Waals surface area contributed by atoms with Crippen LogP contribution in [0.25, 0.3) is 6.08 Å². The van der Waals surface area contributed by atoms with Crippen LogP contribution >= 0.6 is 11.8 Å². The minimum absolute atomic E-state index is 0.0241. The standard InChI is InChI=1S/C32H30N4O6S/c1-40-26-19-28(42-3)27(41-2)18-22(26)17-25(35-31(38)21-9-5-4-6-10-21)32(39)34-23-12-14-24(15-13-23)43-20-30(37)36-29-11-7-8-16-33-29/h4-19H,20H2,1-3H3,(H,34,39)(H,35,38)(H,33,36,37)/b25-17-. The summed E-state index contributed by atoms with van der Waals surface area (Å²) >= 11 is 1.34. The molecule has 0 saturated heterocycles. The summed E-state index contributed by atoms with van der Waals surface area (Å²) in [6, 6.07) is 24.1. The Morgan fingerprint density at radius 2 is 1.47 bits per heavy atom. The number of amides is 3. The highest BCUT2D eigenvalue weighted by molar-refractivity contribution is 8.00. The molecule has 220 valence electrons. The van der Waals surface area contributed by atoms with E-state index in [1.807, 2.05) is 0 Å². The first kappa shape index (κ1) is 30.7. The first-order valence-electron chi connectivity index (χ1n) is 13.0. The molecule has 10 nitrogen and oxygen atoms in total. The van der Waals surface area contributed by atoms with Crippen molar-refractivity contribution in [2.45, 2.75) is 4.90 Å². The van der Waals surface area contributed by atoms with Gasteiger partial charge in [-0.15, -0.1) is 11.8 Å². The molecular weight excluding hydrogens is 568 g/mol. The number of anilines is 2. The van der Waals surface area contributed by atoms with Crippen molar-refractivity contribution < 1.29 is 28.6 Å². The molecule has 0 spiro atoms. The second kappa shape index (κ2) is 15.1. The summed E-state index contributed by atoms with van der Waals surface area (Å²) in [5.41, 5.74) is 1.33. The molecule has 0 aliphatic heterocycles. The molecule has 0 bridgehead atoms. The third kappa shape index (κ3) is 8.60. The molecule has 0 fully saturated rings. The third-order valence-electron chi connectivity index (χ3n) is 5.98. The molecule has 0 saturated carbocycles. The number of nitrogens with zero attached hydrogens (tertiary/aromatic N) is 1. The largest absolute Gasteiger partial charge is 0.496 e. The zero-order chi connectivity index (χ0) is 30.6. The molecule has 0 aliphatic carbocycles. The normalized spacial score (nSPS) is 10.8. The Labute approximate surface area is 253 Å². The van der Waals surface area contributed by atoms with E-state index in [2.05, 4.69) is 20.9 Å². The number of ether oxygens (including phenoxy) is 3. The van der Waals surface area contributed by atoms with Crippen LogP contribution in [0.3, 0.4) is 0 Å². The lowest BCUT2D eigenvalue weighted by molar-refractivity contribution is -0.114. The molecule has 4 aromatic rings. The van der Waals surface area contributed by atoms with Gasteiger partial charge in [-0.05, 0) is 60.7 Å². The molecule has 4 rings (SSSR count). The maximum atomic E-state index is 13.5. The van der Waals surface area contributed by atoms with Crippen LogP contribution in [0.2, 0.25) is 0 Å². The molecule has 3 amide bonds. The van der Waals surface area contributed by atoms with Gasteiger partial charge in [0, 0.05) is 34.0 Å².